The molecule has 2 aliphatic heterocycles. The van der Waals surface area contributed by atoms with E-state index in [0.717, 1.165) is 56.4 Å². The monoisotopic (exact) mass is 350 g/mol. The summed E-state index contributed by atoms with van der Waals surface area (Å²) >= 11 is 0. The molecule has 0 bridgehead atoms. The van der Waals surface area contributed by atoms with Crippen molar-refractivity contribution >= 4 is 6.03 Å². The minimum Gasteiger partial charge on any atom is -0.444 e. The van der Waals surface area contributed by atoms with Gasteiger partial charge < -0.3 is 19.4 Å². The topological polar surface area (TPSA) is 70.8 Å². The van der Waals surface area contributed by atoms with Crippen LogP contribution in [0.1, 0.15) is 37.1 Å². The summed E-state index contributed by atoms with van der Waals surface area (Å²) in [6, 6.07) is 0.0447. The average molecular weight is 350 g/mol. The Balaban J connectivity index is 1.37. The van der Waals surface area contributed by atoms with Gasteiger partial charge in [0.25, 0.3) is 0 Å². The molecule has 25 heavy (non-hydrogen) atoms. The highest BCUT2D eigenvalue weighted by molar-refractivity contribution is 5.74. The van der Waals surface area contributed by atoms with Gasteiger partial charge in [0.1, 0.15) is 5.76 Å². The molecule has 1 N–H and O–H groups in total. The number of amides is 2. The molecule has 2 amide bonds. The number of urea groups is 1. The minimum atomic E-state index is 0.0447. The van der Waals surface area contributed by atoms with Gasteiger partial charge >= 0.3 is 6.03 Å². The van der Waals surface area contributed by atoms with Crippen LogP contribution < -0.4 is 5.32 Å². The van der Waals surface area contributed by atoms with E-state index < -0.39 is 0 Å². The van der Waals surface area contributed by atoms with E-state index in [1.807, 2.05) is 25.7 Å². The number of nitrogens with one attached hydrogen (secondary N) is 1. The SMILES string of the molecule is Cc1nc(CN2CCC(CNC(=O)N3CCOC(C)C3)CC2)oc1C. The number of carbonyl (C=O) groups is 1. The lowest BCUT2D eigenvalue weighted by atomic mass is 9.97. The number of piperidine rings is 1. The molecule has 2 saturated heterocycles. The fourth-order valence-corrected chi connectivity index (χ4v) is 3.49. The van der Waals surface area contributed by atoms with E-state index in [9.17, 15) is 4.79 Å². The number of hydrogen-bond acceptors (Lipinski definition) is 5. The van der Waals surface area contributed by atoms with Crippen LogP contribution in [-0.4, -0.2) is 66.2 Å². The summed E-state index contributed by atoms with van der Waals surface area (Å²) < 4.78 is 11.2. The Hall–Kier alpha value is -1.60. The summed E-state index contributed by atoms with van der Waals surface area (Å²) in [4.78, 5) is 21.0. The van der Waals surface area contributed by atoms with Crippen LogP contribution in [-0.2, 0) is 11.3 Å². The fraction of sp³-hybridized carbons (Fsp3) is 0.778. The van der Waals surface area contributed by atoms with E-state index in [-0.39, 0.29) is 12.1 Å². The first kappa shape index (κ1) is 18.2. The maximum absolute atomic E-state index is 12.3. The number of carbonyl (C=O) groups excluding carboxylic acids is 1. The normalized spacial score (nSPS) is 23.0. The molecule has 2 aliphatic rings. The van der Waals surface area contributed by atoms with Crippen LogP contribution in [0.25, 0.3) is 0 Å². The molecule has 1 aromatic rings. The standard InChI is InChI=1S/C18H30N4O3/c1-13-11-22(8-9-24-13)18(23)19-10-16-4-6-21(7-5-16)12-17-20-14(2)15(3)25-17/h13,16H,4-12H2,1-3H3,(H,19,23). The van der Waals surface area contributed by atoms with Gasteiger partial charge in [-0.2, -0.15) is 0 Å². The second-order valence-electron chi connectivity index (χ2n) is 7.28. The number of aryl methyl sites for hydroxylation is 2. The van der Waals surface area contributed by atoms with Crippen LogP contribution in [0.4, 0.5) is 4.79 Å². The largest absolute Gasteiger partial charge is 0.444 e. The Bertz CT molecular complexity index is 561. The van der Waals surface area contributed by atoms with E-state index in [1.54, 1.807) is 0 Å². The summed E-state index contributed by atoms with van der Waals surface area (Å²) in [5.74, 6) is 2.26. The molecule has 3 heterocycles. The van der Waals surface area contributed by atoms with Crippen LogP contribution in [0, 0.1) is 19.8 Å². The van der Waals surface area contributed by atoms with Crippen molar-refractivity contribution in [2.45, 2.75) is 46.3 Å². The lowest BCUT2D eigenvalue weighted by Crippen LogP contribution is -2.50. The predicted molar refractivity (Wildman–Crippen MR) is 94.4 cm³/mol. The van der Waals surface area contributed by atoms with Crippen LogP contribution in [0.2, 0.25) is 0 Å². The highest BCUT2D eigenvalue weighted by Gasteiger charge is 2.24. The number of hydrogen-bond donors (Lipinski definition) is 1. The third-order valence-corrected chi connectivity index (χ3v) is 5.21. The molecule has 1 unspecified atom stereocenters. The van der Waals surface area contributed by atoms with Crippen molar-refractivity contribution in [1.29, 1.82) is 0 Å². The number of oxazole rings is 1. The highest BCUT2D eigenvalue weighted by atomic mass is 16.5. The molecule has 140 valence electrons. The van der Waals surface area contributed by atoms with Crippen molar-refractivity contribution < 1.29 is 13.9 Å². The van der Waals surface area contributed by atoms with E-state index >= 15 is 0 Å². The summed E-state index contributed by atoms with van der Waals surface area (Å²) in [5.41, 5.74) is 0.977. The molecule has 2 fully saturated rings. The first-order valence-corrected chi connectivity index (χ1v) is 9.31. The average Bonchev–Trinajstić information content (AvgIpc) is 2.91. The fourth-order valence-electron chi connectivity index (χ4n) is 3.49. The molecule has 0 spiro atoms. The van der Waals surface area contributed by atoms with Crippen molar-refractivity contribution in [3.05, 3.63) is 17.3 Å². The molecular formula is C18H30N4O3. The Kier molecular flexibility index (Phi) is 5.96. The van der Waals surface area contributed by atoms with Gasteiger partial charge in [0.05, 0.1) is 24.9 Å². The van der Waals surface area contributed by atoms with Gasteiger partial charge in [-0.25, -0.2) is 9.78 Å². The van der Waals surface area contributed by atoms with Gasteiger partial charge in [0.2, 0.25) is 5.89 Å². The second-order valence-corrected chi connectivity index (χ2v) is 7.28. The van der Waals surface area contributed by atoms with E-state index in [2.05, 4.69) is 15.2 Å². The quantitative estimate of drug-likeness (QED) is 0.898. The first-order chi connectivity index (χ1) is 12.0. The number of likely N-dealkylation sites (tertiary alicyclic amines) is 1. The lowest BCUT2D eigenvalue weighted by molar-refractivity contribution is -0.00368. The molecule has 0 radical (unpaired) electrons. The zero-order valence-electron chi connectivity index (χ0n) is 15.6. The molecule has 0 saturated carbocycles. The third-order valence-electron chi connectivity index (χ3n) is 5.21. The van der Waals surface area contributed by atoms with Crippen molar-refractivity contribution in [2.24, 2.45) is 5.92 Å². The van der Waals surface area contributed by atoms with Crippen LogP contribution >= 0.6 is 0 Å². The van der Waals surface area contributed by atoms with Crippen molar-refractivity contribution in [3.63, 3.8) is 0 Å². The molecule has 0 aliphatic carbocycles. The lowest BCUT2D eigenvalue weighted by Gasteiger charge is -2.33. The maximum atomic E-state index is 12.3. The van der Waals surface area contributed by atoms with Crippen LogP contribution in [0.5, 0.6) is 0 Å². The molecule has 3 rings (SSSR count). The summed E-state index contributed by atoms with van der Waals surface area (Å²) in [5, 5.41) is 3.10. The minimum absolute atomic E-state index is 0.0447. The molecule has 7 nitrogen and oxygen atoms in total. The van der Waals surface area contributed by atoms with Gasteiger partial charge in [-0.1, -0.05) is 0 Å². The van der Waals surface area contributed by atoms with Gasteiger partial charge in [-0.15, -0.1) is 0 Å². The predicted octanol–water partition coefficient (Wildman–Crippen LogP) is 1.93. The summed E-state index contributed by atoms with van der Waals surface area (Å²) in [7, 11) is 0. The van der Waals surface area contributed by atoms with Crippen molar-refractivity contribution in [3.8, 4) is 0 Å². The Labute approximate surface area is 149 Å². The molecule has 1 atom stereocenters. The summed E-state index contributed by atoms with van der Waals surface area (Å²) in [6.07, 6.45) is 2.32. The zero-order valence-corrected chi connectivity index (χ0v) is 15.6. The van der Waals surface area contributed by atoms with Gasteiger partial charge in [0.15, 0.2) is 0 Å². The van der Waals surface area contributed by atoms with E-state index in [1.165, 1.54) is 0 Å². The Morgan fingerprint density at radius 2 is 2.04 bits per heavy atom. The van der Waals surface area contributed by atoms with Gasteiger partial charge in [-0.3, -0.25) is 4.90 Å². The molecule has 7 heteroatoms. The third kappa shape index (κ3) is 4.95. The number of rotatable bonds is 4. The number of ether oxygens (including phenoxy) is 1. The van der Waals surface area contributed by atoms with Crippen LogP contribution in [0.15, 0.2) is 4.42 Å². The molecule has 0 aromatic carbocycles. The summed E-state index contributed by atoms with van der Waals surface area (Å²) in [6.45, 7) is 11.5. The molecule has 1 aromatic heterocycles. The van der Waals surface area contributed by atoms with E-state index in [4.69, 9.17) is 9.15 Å². The smallest absolute Gasteiger partial charge is 0.317 e. The highest BCUT2D eigenvalue weighted by Crippen LogP contribution is 2.19. The Morgan fingerprint density at radius 3 is 2.68 bits per heavy atom. The van der Waals surface area contributed by atoms with Crippen molar-refractivity contribution in [1.82, 2.24) is 20.1 Å². The Morgan fingerprint density at radius 1 is 1.28 bits per heavy atom. The second kappa shape index (κ2) is 8.19. The number of aromatic nitrogens is 1. The van der Waals surface area contributed by atoms with Crippen molar-refractivity contribution in [2.75, 3.05) is 39.3 Å². The number of nitrogens with zero attached hydrogens (tertiary/aromatic N) is 3. The zero-order chi connectivity index (χ0) is 17.8. The molecular weight excluding hydrogens is 320 g/mol. The first-order valence-electron chi connectivity index (χ1n) is 9.31. The number of morpholine rings is 1. The van der Waals surface area contributed by atoms with Gasteiger partial charge in [-0.05, 0) is 52.6 Å². The van der Waals surface area contributed by atoms with E-state index in [0.29, 0.717) is 25.6 Å². The maximum Gasteiger partial charge on any atom is 0.317 e. The van der Waals surface area contributed by atoms with Gasteiger partial charge in [0, 0.05) is 19.6 Å². The van der Waals surface area contributed by atoms with Crippen LogP contribution in [0.3, 0.4) is 0 Å².